The van der Waals surface area contributed by atoms with Gasteiger partial charge in [-0.1, -0.05) is 12.1 Å². The summed E-state index contributed by atoms with van der Waals surface area (Å²) in [5.41, 5.74) is 1.91. The Morgan fingerprint density at radius 2 is 1.84 bits per heavy atom. The van der Waals surface area contributed by atoms with Gasteiger partial charge in [0.15, 0.2) is 0 Å². The molecule has 1 aromatic heterocycles. The monoisotopic (exact) mass is 619 g/mol. The number of aromatic nitrogens is 2. The van der Waals surface area contributed by atoms with Crippen molar-refractivity contribution in [2.45, 2.75) is 82.2 Å². The van der Waals surface area contributed by atoms with Crippen LogP contribution in [0.15, 0.2) is 30.6 Å². The number of rotatable bonds is 7. The van der Waals surface area contributed by atoms with Crippen LogP contribution < -0.4 is 10.1 Å². The first-order valence-electron chi connectivity index (χ1n) is 15.6. The predicted molar refractivity (Wildman–Crippen MR) is 154 cm³/mol. The largest absolute Gasteiger partial charge is 0.573 e. The molecule has 4 fully saturated rings. The summed E-state index contributed by atoms with van der Waals surface area (Å²) in [5.74, 6) is 0.259. The molecule has 44 heavy (non-hydrogen) atoms. The number of morpholine rings is 1. The van der Waals surface area contributed by atoms with E-state index in [1.54, 1.807) is 12.1 Å². The number of carbonyl (C=O) groups excluding carboxylic acids is 1. The molecule has 5 heterocycles. The van der Waals surface area contributed by atoms with Crippen molar-refractivity contribution in [3.8, 4) is 5.75 Å². The highest BCUT2D eigenvalue weighted by molar-refractivity contribution is 5.94. The lowest BCUT2D eigenvalue weighted by molar-refractivity contribution is -0.274. The first-order chi connectivity index (χ1) is 21.2. The summed E-state index contributed by atoms with van der Waals surface area (Å²) >= 11 is 0. The van der Waals surface area contributed by atoms with E-state index in [1.807, 2.05) is 11.8 Å². The summed E-state index contributed by atoms with van der Waals surface area (Å²) in [6, 6.07) is 6.66. The molecule has 1 N–H and O–H groups in total. The highest BCUT2D eigenvalue weighted by atomic mass is 19.4. The maximum atomic E-state index is 13.6. The average molecular weight is 620 g/mol. The molecule has 0 bridgehead atoms. The fourth-order valence-electron chi connectivity index (χ4n) is 6.95. The summed E-state index contributed by atoms with van der Waals surface area (Å²) in [6.45, 7) is 6.78. The summed E-state index contributed by atoms with van der Waals surface area (Å²) in [6.07, 6.45) is 1.85. The molecule has 0 unspecified atom stereocenters. The maximum Gasteiger partial charge on any atom is 0.573 e. The Morgan fingerprint density at radius 3 is 2.61 bits per heavy atom. The van der Waals surface area contributed by atoms with Crippen LogP contribution in [-0.2, 0) is 14.2 Å². The highest BCUT2D eigenvalue weighted by Crippen LogP contribution is 2.33. The number of likely N-dealkylation sites (tertiary alicyclic amines) is 1. The van der Waals surface area contributed by atoms with Gasteiger partial charge in [0, 0.05) is 50.4 Å². The van der Waals surface area contributed by atoms with Crippen LogP contribution in [0.2, 0.25) is 0 Å². The van der Waals surface area contributed by atoms with Gasteiger partial charge >= 0.3 is 6.36 Å². The summed E-state index contributed by atoms with van der Waals surface area (Å²) in [4.78, 5) is 26.8. The number of hydrogen-bond acceptors (Lipinski definition) is 9. The van der Waals surface area contributed by atoms with E-state index in [2.05, 4.69) is 24.9 Å². The van der Waals surface area contributed by atoms with Crippen LogP contribution in [0.25, 0.3) is 0 Å². The minimum Gasteiger partial charge on any atom is -0.406 e. The van der Waals surface area contributed by atoms with Gasteiger partial charge in [0.1, 0.15) is 23.6 Å². The van der Waals surface area contributed by atoms with E-state index in [-0.39, 0.29) is 30.0 Å². The Morgan fingerprint density at radius 1 is 1.05 bits per heavy atom. The van der Waals surface area contributed by atoms with Crippen molar-refractivity contribution in [2.24, 2.45) is 0 Å². The molecule has 10 nitrogen and oxygen atoms in total. The Hall–Kier alpha value is -3.00. The second-order valence-corrected chi connectivity index (χ2v) is 12.0. The number of alkyl halides is 3. The second-order valence-electron chi connectivity index (χ2n) is 12.0. The number of ether oxygens (including phenoxy) is 4. The summed E-state index contributed by atoms with van der Waals surface area (Å²) in [5, 5.41) is 3.34. The van der Waals surface area contributed by atoms with Crippen LogP contribution in [0.5, 0.6) is 5.75 Å². The number of nitrogens with one attached hydrogen (secondary N) is 1. The molecule has 6 rings (SSSR count). The van der Waals surface area contributed by atoms with Crippen molar-refractivity contribution < 1.29 is 36.9 Å². The molecule has 4 atom stereocenters. The zero-order valence-electron chi connectivity index (χ0n) is 24.9. The Kier molecular flexibility index (Phi) is 9.55. The number of piperidine rings is 1. The van der Waals surface area contributed by atoms with Crippen molar-refractivity contribution in [2.75, 3.05) is 51.3 Å². The Labute approximate surface area is 255 Å². The number of carbonyl (C=O) groups is 1. The standard InChI is InChI=1S/C31H40F3N5O5/c1-20-28(30(40)38-12-9-22(10-13-38)39-14-16-42-27-18-41-15-11-25(27)39)36-19-37-29(20)35-17-24-3-2-4-26(43-24)21-5-7-23(8-6-21)44-31(32,33)34/h5-8,19,22,24-27H,2-4,9-18H2,1H3,(H,35,36,37)/t24-,25-,26+,27-/m1/s1. The van der Waals surface area contributed by atoms with Crippen molar-refractivity contribution in [3.05, 3.63) is 47.4 Å². The third-order valence-electron chi connectivity index (χ3n) is 9.22. The lowest BCUT2D eigenvalue weighted by atomic mass is 9.95. The normalized spacial score (nSPS) is 27.0. The highest BCUT2D eigenvalue weighted by Gasteiger charge is 2.40. The van der Waals surface area contributed by atoms with Crippen LogP contribution in [0.1, 0.15) is 66.2 Å². The molecule has 4 aliphatic rings. The van der Waals surface area contributed by atoms with Crippen LogP contribution in [0.4, 0.5) is 19.0 Å². The maximum absolute atomic E-state index is 13.6. The van der Waals surface area contributed by atoms with Gasteiger partial charge in [-0.15, -0.1) is 13.2 Å². The van der Waals surface area contributed by atoms with Crippen LogP contribution in [0.3, 0.4) is 0 Å². The van der Waals surface area contributed by atoms with Gasteiger partial charge in [0.25, 0.3) is 5.91 Å². The number of nitrogens with zero attached hydrogens (tertiary/aromatic N) is 4. The van der Waals surface area contributed by atoms with Crippen LogP contribution >= 0.6 is 0 Å². The van der Waals surface area contributed by atoms with E-state index in [4.69, 9.17) is 14.2 Å². The van der Waals surface area contributed by atoms with Crippen LogP contribution in [-0.4, -0.2) is 102 Å². The topological polar surface area (TPSA) is 98.3 Å². The molecular formula is C31H40F3N5O5. The number of amides is 1. The number of halogens is 3. The quantitative estimate of drug-likeness (QED) is 0.481. The van der Waals surface area contributed by atoms with Crippen molar-refractivity contribution in [1.29, 1.82) is 0 Å². The first-order valence-corrected chi connectivity index (χ1v) is 15.6. The minimum atomic E-state index is -4.72. The lowest BCUT2D eigenvalue weighted by Crippen LogP contribution is -2.60. The fraction of sp³-hybridized carbons (Fsp3) is 0.645. The molecule has 0 spiro atoms. The fourth-order valence-corrected chi connectivity index (χ4v) is 6.95. The average Bonchev–Trinajstić information content (AvgIpc) is 3.03. The van der Waals surface area contributed by atoms with Gasteiger partial charge in [-0.05, 0) is 63.1 Å². The van der Waals surface area contributed by atoms with Gasteiger partial charge in [0.05, 0.1) is 31.5 Å². The molecular weight excluding hydrogens is 579 g/mol. The van der Waals surface area contributed by atoms with E-state index >= 15 is 0 Å². The van der Waals surface area contributed by atoms with E-state index in [1.165, 1.54) is 18.5 Å². The summed E-state index contributed by atoms with van der Waals surface area (Å²) < 4.78 is 59.3. The third kappa shape index (κ3) is 7.27. The second kappa shape index (κ2) is 13.6. The van der Waals surface area contributed by atoms with E-state index < -0.39 is 6.36 Å². The number of hydrogen-bond donors (Lipinski definition) is 1. The Bertz CT molecular complexity index is 1270. The zero-order chi connectivity index (χ0) is 30.7. The predicted octanol–water partition coefficient (Wildman–Crippen LogP) is 4.50. The molecule has 1 aromatic carbocycles. The van der Waals surface area contributed by atoms with E-state index in [9.17, 15) is 18.0 Å². The molecule has 0 radical (unpaired) electrons. The van der Waals surface area contributed by atoms with Gasteiger partial charge < -0.3 is 29.2 Å². The van der Waals surface area contributed by atoms with Crippen molar-refractivity contribution in [1.82, 2.24) is 19.8 Å². The van der Waals surface area contributed by atoms with Crippen molar-refractivity contribution >= 4 is 11.7 Å². The molecule has 240 valence electrons. The summed E-state index contributed by atoms with van der Waals surface area (Å²) in [7, 11) is 0. The molecule has 1 amide bonds. The number of anilines is 1. The van der Waals surface area contributed by atoms with Crippen LogP contribution in [0, 0.1) is 6.92 Å². The molecule has 4 aliphatic heterocycles. The molecule has 13 heteroatoms. The Balaban J connectivity index is 1.02. The van der Waals surface area contributed by atoms with Gasteiger partial charge in [-0.3, -0.25) is 9.69 Å². The molecule has 4 saturated heterocycles. The molecule has 2 aromatic rings. The SMILES string of the molecule is Cc1c(NC[C@H]2CCC[C@@H](c3ccc(OC(F)(F)F)cc3)O2)ncnc1C(=O)N1CCC(N2CCO[C@@H]3COCC[C@H]32)CC1. The molecule has 0 saturated carbocycles. The minimum absolute atomic E-state index is 0.0794. The van der Waals surface area contributed by atoms with Gasteiger partial charge in [-0.2, -0.15) is 0 Å². The van der Waals surface area contributed by atoms with Gasteiger partial charge in [-0.25, -0.2) is 9.97 Å². The first kappa shape index (κ1) is 31.0. The number of fused-ring (bicyclic) bond motifs is 1. The smallest absolute Gasteiger partial charge is 0.406 e. The van der Waals surface area contributed by atoms with Crippen molar-refractivity contribution in [3.63, 3.8) is 0 Å². The number of benzene rings is 1. The zero-order valence-corrected chi connectivity index (χ0v) is 24.9. The third-order valence-corrected chi connectivity index (χ3v) is 9.22. The van der Waals surface area contributed by atoms with Gasteiger partial charge in [0.2, 0.25) is 0 Å². The molecule has 0 aliphatic carbocycles. The van der Waals surface area contributed by atoms with E-state index in [0.29, 0.717) is 55.4 Å². The van der Waals surface area contributed by atoms with E-state index in [0.717, 1.165) is 63.8 Å². The lowest BCUT2D eigenvalue weighted by Gasteiger charge is -2.49.